The van der Waals surface area contributed by atoms with Gasteiger partial charge in [-0.1, -0.05) is 6.07 Å². The van der Waals surface area contributed by atoms with E-state index in [-0.39, 0.29) is 6.54 Å². The normalized spacial score (nSPS) is 13.2. The van der Waals surface area contributed by atoms with E-state index in [1.165, 1.54) is 4.90 Å². The van der Waals surface area contributed by atoms with Crippen molar-refractivity contribution in [1.29, 1.82) is 5.41 Å². The molecule has 0 aromatic heterocycles. The second-order valence-electron chi connectivity index (χ2n) is 4.78. The van der Waals surface area contributed by atoms with Gasteiger partial charge in [-0.2, -0.15) is 13.2 Å². The Morgan fingerprint density at radius 1 is 1.26 bits per heavy atom. The Labute approximate surface area is 110 Å². The van der Waals surface area contributed by atoms with E-state index in [0.717, 1.165) is 11.1 Å². The van der Waals surface area contributed by atoms with Crippen molar-refractivity contribution in [3.63, 3.8) is 0 Å². The molecule has 0 fully saturated rings. The van der Waals surface area contributed by atoms with Gasteiger partial charge in [0.15, 0.2) is 0 Å². The van der Waals surface area contributed by atoms with Gasteiger partial charge in [-0.15, -0.1) is 0 Å². The molecule has 1 aromatic carbocycles. The Kier molecular flexibility index (Phi) is 4.44. The molecule has 0 saturated carbocycles. The van der Waals surface area contributed by atoms with E-state index in [1.54, 1.807) is 19.2 Å². The van der Waals surface area contributed by atoms with Crippen LogP contribution in [0.2, 0.25) is 0 Å². The van der Waals surface area contributed by atoms with Gasteiger partial charge in [-0.25, -0.2) is 0 Å². The maximum Gasteiger partial charge on any atom is 0.400 e. The van der Waals surface area contributed by atoms with Crippen LogP contribution >= 0.6 is 0 Å². The van der Waals surface area contributed by atoms with Gasteiger partial charge in [-0.3, -0.25) is 5.41 Å². The van der Waals surface area contributed by atoms with Crippen LogP contribution in [0.3, 0.4) is 0 Å². The van der Waals surface area contributed by atoms with Crippen LogP contribution in [-0.4, -0.2) is 25.6 Å². The molecule has 1 unspecified atom stereocenters. The third-order valence-electron chi connectivity index (χ3n) is 2.87. The lowest BCUT2D eigenvalue weighted by molar-refractivity contribution is -0.153. The quantitative estimate of drug-likeness (QED) is 0.654. The van der Waals surface area contributed by atoms with Crippen LogP contribution in [0.4, 0.5) is 18.9 Å². The van der Waals surface area contributed by atoms with Crippen molar-refractivity contribution in [1.82, 2.24) is 0 Å². The highest BCUT2D eigenvalue weighted by atomic mass is 19.4. The van der Waals surface area contributed by atoms with Gasteiger partial charge >= 0.3 is 6.18 Å². The predicted octanol–water partition coefficient (Wildman–Crippen LogP) is 2.85. The number of hydrogen-bond acceptors (Lipinski definition) is 2. The standard InChI is InChI=1S/C13H18F3N3/c1-8-4-9(2)6-10(5-8)19(3)7-11(12(17)18)13(14,15)16/h4-6,11H,7H2,1-3H3,(H3,17,18). The van der Waals surface area contributed by atoms with E-state index in [1.807, 2.05) is 19.9 Å². The number of halogens is 3. The average molecular weight is 273 g/mol. The summed E-state index contributed by atoms with van der Waals surface area (Å²) in [7, 11) is 1.57. The van der Waals surface area contributed by atoms with E-state index in [4.69, 9.17) is 11.1 Å². The average Bonchev–Trinajstić information content (AvgIpc) is 2.21. The molecule has 0 aliphatic carbocycles. The molecule has 1 rings (SSSR count). The highest BCUT2D eigenvalue weighted by Gasteiger charge is 2.42. The first kappa shape index (κ1) is 15.3. The molecule has 0 spiro atoms. The Balaban J connectivity index is 2.94. The van der Waals surface area contributed by atoms with Crippen molar-refractivity contribution < 1.29 is 13.2 Å². The number of benzene rings is 1. The first-order valence-corrected chi connectivity index (χ1v) is 5.81. The molecule has 3 N–H and O–H groups in total. The van der Waals surface area contributed by atoms with Crippen molar-refractivity contribution in [2.75, 3.05) is 18.5 Å². The summed E-state index contributed by atoms with van der Waals surface area (Å²) in [6.07, 6.45) is -4.50. The minimum atomic E-state index is -4.50. The summed E-state index contributed by atoms with van der Waals surface area (Å²) in [6, 6.07) is 5.56. The monoisotopic (exact) mass is 273 g/mol. The topological polar surface area (TPSA) is 53.1 Å². The zero-order valence-corrected chi connectivity index (χ0v) is 11.2. The zero-order chi connectivity index (χ0) is 14.8. The smallest absolute Gasteiger partial charge is 0.387 e. The Bertz CT molecular complexity index is 448. The third-order valence-corrected chi connectivity index (χ3v) is 2.87. The number of alkyl halides is 3. The molecule has 3 nitrogen and oxygen atoms in total. The maximum atomic E-state index is 12.8. The number of aryl methyl sites for hydroxylation is 2. The summed E-state index contributed by atoms with van der Waals surface area (Å²) in [6.45, 7) is 3.41. The summed E-state index contributed by atoms with van der Waals surface area (Å²) in [5.74, 6) is -2.80. The van der Waals surface area contributed by atoms with E-state index in [9.17, 15) is 13.2 Å². The molecule has 0 aliphatic rings. The van der Waals surface area contributed by atoms with Gasteiger partial charge in [0.05, 0.1) is 0 Å². The molecular formula is C13H18F3N3. The summed E-state index contributed by atoms with van der Waals surface area (Å²) in [4.78, 5) is 1.47. The van der Waals surface area contributed by atoms with E-state index in [2.05, 4.69) is 0 Å². The predicted molar refractivity (Wildman–Crippen MR) is 70.6 cm³/mol. The Morgan fingerprint density at radius 3 is 2.11 bits per heavy atom. The van der Waals surface area contributed by atoms with Crippen LogP contribution in [0.5, 0.6) is 0 Å². The Morgan fingerprint density at radius 2 is 1.74 bits per heavy atom. The van der Waals surface area contributed by atoms with E-state index in [0.29, 0.717) is 5.69 Å². The fraction of sp³-hybridized carbons (Fsp3) is 0.462. The number of nitrogens with zero attached hydrogens (tertiary/aromatic N) is 1. The van der Waals surface area contributed by atoms with Crippen LogP contribution in [0.1, 0.15) is 11.1 Å². The van der Waals surface area contributed by atoms with Crippen LogP contribution < -0.4 is 10.6 Å². The van der Waals surface area contributed by atoms with E-state index >= 15 is 0 Å². The molecule has 1 atom stereocenters. The van der Waals surface area contributed by atoms with Crippen molar-refractivity contribution in [2.45, 2.75) is 20.0 Å². The molecule has 19 heavy (non-hydrogen) atoms. The maximum absolute atomic E-state index is 12.8. The molecule has 0 bridgehead atoms. The number of hydrogen-bond donors (Lipinski definition) is 2. The van der Waals surface area contributed by atoms with Crippen LogP contribution in [0, 0.1) is 25.2 Å². The molecule has 6 heteroatoms. The lowest BCUT2D eigenvalue weighted by Crippen LogP contribution is -2.43. The molecule has 1 aromatic rings. The molecule has 0 amide bonds. The van der Waals surface area contributed by atoms with Crippen LogP contribution in [-0.2, 0) is 0 Å². The van der Waals surface area contributed by atoms with Gasteiger partial charge < -0.3 is 10.6 Å². The summed E-state index contributed by atoms with van der Waals surface area (Å²) < 4.78 is 38.3. The third kappa shape index (κ3) is 4.15. The summed E-state index contributed by atoms with van der Waals surface area (Å²) in [5, 5.41) is 7.08. The number of amidine groups is 1. The Hall–Kier alpha value is -1.72. The highest BCUT2D eigenvalue weighted by molar-refractivity contribution is 5.81. The van der Waals surface area contributed by atoms with Crippen LogP contribution in [0.25, 0.3) is 0 Å². The zero-order valence-electron chi connectivity index (χ0n) is 11.2. The number of nitrogens with one attached hydrogen (secondary N) is 1. The summed E-state index contributed by atoms with van der Waals surface area (Å²) >= 11 is 0. The van der Waals surface area contributed by atoms with Crippen molar-refractivity contribution in [3.8, 4) is 0 Å². The molecule has 106 valence electrons. The molecule has 0 heterocycles. The van der Waals surface area contributed by atoms with Crippen LogP contribution in [0.15, 0.2) is 18.2 Å². The van der Waals surface area contributed by atoms with Gasteiger partial charge in [0.1, 0.15) is 11.8 Å². The largest absolute Gasteiger partial charge is 0.400 e. The molecule has 0 radical (unpaired) electrons. The molecular weight excluding hydrogens is 255 g/mol. The van der Waals surface area contributed by atoms with Gasteiger partial charge in [0.2, 0.25) is 0 Å². The number of nitrogens with two attached hydrogens (primary N) is 1. The molecule has 0 aliphatic heterocycles. The fourth-order valence-corrected chi connectivity index (χ4v) is 1.93. The number of rotatable bonds is 4. The van der Waals surface area contributed by atoms with Crippen molar-refractivity contribution in [2.24, 2.45) is 11.7 Å². The SMILES string of the molecule is Cc1cc(C)cc(N(C)CC(C(=N)N)C(F)(F)F)c1. The minimum Gasteiger partial charge on any atom is -0.387 e. The van der Waals surface area contributed by atoms with Crippen molar-refractivity contribution >= 4 is 11.5 Å². The first-order valence-electron chi connectivity index (χ1n) is 5.81. The first-order chi connectivity index (χ1) is 8.61. The van der Waals surface area contributed by atoms with E-state index < -0.39 is 17.9 Å². The second-order valence-corrected chi connectivity index (χ2v) is 4.78. The summed E-state index contributed by atoms with van der Waals surface area (Å²) in [5.41, 5.74) is 7.69. The molecule has 0 saturated heterocycles. The second kappa shape index (κ2) is 5.50. The fourth-order valence-electron chi connectivity index (χ4n) is 1.93. The highest BCUT2D eigenvalue weighted by Crippen LogP contribution is 2.28. The minimum absolute atomic E-state index is 0.359. The van der Waals surface area contributed by atoms with Gasteiger partial charge in [0.25, 0.3) is 0 Å². The van der Waals surface area contributed by atoms with Gasteiger partial charge in [-0.05, 0) is 37.1 Å². The van der Waals surface area contributed by atoms with Gasteiger partial charge in [0, 0.05) is 19.3 Å². The lowest BCUT2D eigenvalue weighted by Gasteiger charge is -2.27. The number of anilines is 1. The van der Waals surface area contributed by atoms with Crippen molar-refractivity contribution in [3.05, 3.63) is 29.3 Å². The lowest BCUT2D eigenvalue weighted by atomic mass is 10.1.